The minimum Gasteiger partial charge on any atom is -0.394 e. The van der Waals surface area contributed by atoms with Crippen molar-refractivity contribution in [3.05, 3.63) is 0 Å². The van der Waals surface area contributed by atoms with Gasteiger partial charge in [-0.25, -0.2) is 0 Å². The molecule has 3 nitrogen and oxygen atoms in total. The smallest absolute Gasteiger partial charge is 0.0666 e. The summed E-state index contributed by atoms with van der Waals surface area (Å²) in [5.74, 6) is 0.0147. The fourth-order valence-corrected chi connectivity index (χ4v) is 0.819. The van der Waals surface area contributed by atoms with Crippen LogP contribution < -0.4 is 0 Å². The Labute approximate surface area is 74.6 Å². The predicted molar refractivity (Wildman–Crippen MR) is 48.6 cm³/mol. The Hall–Kier alpha value is -0.590. The van der Waals surface area contributed by atoms with E-state index in [1.165, 1.54) is 0 Å². The standard InChI is InChI=1S/C9H18N2O/c1-8(5-10)6-11(4)9(2,3)7-12/h8,12H,6-7H2,1-4H3. The van der Waals surface area contributed by atoms with Gasteiger partial charge in [0.15, 0.2) is 0 Å². The van der Waals surface area contributed by atoms with E-state index in [1.54, 1.807) is 0 Å². The van der Waals surface area contributed by atoms with E-state index in [0.717, 1.165) is 0 Å². The molecular weight excluding hydrogens is 152 g/mol. The van der Waals surface area contributed by atoms with Crippen LogP contribution in [0.25, 0.3) is 0 Å². The average molecular weight is 170 g/mol. The molecule has 0 amide bonds. The first-order valence-corrected chi connectivity index (χ1v) is 4.15. The van der Waals surface area contributed by atoms with Gasteiger partial charge in [-0.2, -0.15) is 5.26 Å². The number of likely N-dealkylation sites (N-methyl/N-ethyl adjacent to an activating group) is 1. The zero-order valence-corrected chi connectivity index (χ0v) is 8.33. The molecule has 0 heterocycles. The number of rotatable bonds is 4. The highest BCUT2D eigenvalue weighted by molar-refractivity contribution is 4.85. The molecule has 0 saturated heterocycles. The highest BCUT2D eigenvalue weighted by atomic mass is 16.3. The van der Waals surface area contributed by atoms with Crippen molar-refractivity contribution in [2.24, 2.45) is 5.92 Å². The van der Waals surface area contributed by atoms with Crippen LogP contribution in [0, 0.1) is 17.2 Å². The third-order valence-electron chi connectivity index (χ3n) is 2.19. The van der Waals surface area contributed by atoms with Gasteiger partial charge in [0, 0.05) is 12.1 Å². The van der Waals surface area contributed by atoms with Gasteiger partial charge in [-0.3, -0.25) is 4.90 Å². The van der Waals surface area contributed by atoms with Gasteiger partial charge in [0.25, 0.3) is 0 Å². The molecule has 0 saturated carbocycles. The van der Waals surface area contributed by atoms with Crippen LogP contribution in [0.3, 0.4) is 0 Å². The van der Waals surface area contributed by atoms with Crippen molar-refractivity contribution in [1.82, 2.24) is 4.90 Å². The number of aliphatic hydroxyl groups is 1. The molecule has 0 aromatic rings. The summed E-state index contributed by atoms with van der Waals surface area (Å²) >= 11 is 0. The summed E-state index contributed by atoms with van der Waals surface area (Å²) in [4.78, 5) is 2.00. The molecule has 0 aliphatic carbocycles. The summed E-state index contributed by atoms with van der Waals surface area (Å²) in [7, 11) is 1.92. The highest BCUT2D eigenvalue weighted by Gasteiger charge is 2.23. The van der Waals surface area contributed by atoms with E-state index < -0.39 is 0 Å². The molecule has 1 N–H and O–H groups in total. The van der Waals surface area contributed by atoms with Crippen molar-refractivity contribution in [3.8, 4) is 6.07 Å². The third kappa shape index (κ3) is 3.21. The zero-order valence-electron chi connectivity index (χ0n) is 8.33. The molecule has 0 bridgehead atoms. The first kappa shape index (κ1) is 11.4. The minimum atomic E-state index is -0.231. The number of aliphatic hydroxyl groups excluding tert-OH is 1. The lowest BCUT2D eigenvalue weighted by molar-refractivity contribution is 0.0734. The van der Waals surface area contributed by atoms with E-state index in [-0.39, 0.29) is 18.1 Å². The topological polar surface area (TPSA) is 47.3 Å². The van der Waals surface area contributed by atoms with E-state index in [4.69, 9.17) is 10.4 Å². The molecule has 0 aliphatic heterocycles. The lowest BCUT2D eigenvalue weighted by Gasteiger charge is -2.34. The van der Waals surface area contributed by atoms with Gasteiger partial charge in [-0.15, -0.1) is 0 Å². The summed E-state index contributed by atoms with van der Waals surface area (Å²) in [5, 5.41) is 17.6. The second kappa shape index (κ2) is 4.44. The highest BCUT2D eigenvalue weighted by Crippen LogP contribution is 2.12. The predicted octanol–water partition coefficient (Wildman–Crippen LogP) is 0.849. The largest absolute Gasteiger partial charge is 0.394 e. The maximum absolute atomic E-state index is 9.03. The molecule has 1 atom stereocenters. The molecule has 0 aliphatic rings. The van der Waals surface area contributed by atoms with E-state index in [1.807, 2.05) is 32.7 Å². The Morgan fingerprint density at radius 3 is 2.42 bits per heavy atom. The Bertz CT molecular complexity index is 172. The van der Waals surface area contributed by atoms with Crippen LogP contribution in [0.4, 0.5) is 0 Å². The number of hydrogen-bond donors (Lipinski definition) is 1. The lowest BCUT2D eigenvalue weighted by Crippen LogP contribution is -2.45. The van der Waals surface area contributed by atoms with Gasteiger partial charge in [0.1, 0.15) is 0 Å². The van der Waals surface area contributed by atoms with Crippen molar-refractivity contribution < 1.29 is 5.11 Å². The second-order valence-electron chi connectivity index (χ2n) is 3.88. The minimum absolute atomic E-state index is 0.0147. The fraction of sp³-hybridized carbons (Fsp3) is 0.889. The molecule has 3 heteroatoms. The maximum atomic E-state index is 9.03. The quantitative estimate of drug-likeness (QED) is 0.680. The van der Waals surface area contributed by atoms with Gasteiger partial charge >= 0.3 is 0 Å². The zero-order chi connectivity index (χ0) is 9.78. The molecule has 0 rings (SSSR count). The van der Waals surface area contributed by atoms with Gasteiger partial charge in [0.05, 0.1) is 18.6 Å². The van der Waals surface area contributed by atoms with Gasteiger partial charge in [0.2, 0.25) is 0 Å². The van der Waals surface area contributed by atoms with Crippen molar-refractivity contribution in [3.63, 3.8) is 0 Å². The van der Waals surface area contributed by atoms with Crippen LogP contribution in [-0.4, -0.2) is 35.7 Å². The summed E-state index contributed by atoms with van der Waals surface area (Å²) in [6.45, 7) is 6.60. The summed E-state index contributed by atoms with van der Waals surface area (Å²) in [6, 6.07) is 2.17. The maximum Gasteiger partial charge on any atom is 0.0666 e. The average Bonchev–Trinajstić information content (AvgIpc) is 2.04. The lowest BCUT2D eigenvalue weighted by atomic mass is 10.0. The van der Waals surface area contributed by atoms with Crippen molar-refractivity contribution in [2.45, 2.75) is 26.3 Å². The summed E-state index contributed by atoms with van der Waals surface area (Å²) in [6.07, 6.45) is 0. The van der Waals surface area contributed by atoms with Crippen LogP contribution in [0.5, 0.6) is 0 Å². The molecule has 1 unspecified atom stereocenters. The van der Waals surface area contributed by atoms with E-state index in [0.29, 0.717) is 6.54 Å². The van der Waals surface area contributed by atoms with Gasteiger partial charge < -0.3 is 5.11 Å². The molecule has 0 aromatic carbocycles. The molecule has 70 valence electrons. The number of nitriles is 1. The monoisotopic (exact) mass is 170 g/mol. The molecule has 0 spiro atoms. The Kier molecular flexibility index (Phi) is 4.22. The Morgan fingerprint density at radius 2 is 2.08 bits per heavy atom. The third-order valence-corrected chi connectivity index (χ3v) is 2.19. The van der Waals surface area contributed by atoms with Gasteiger partial charge in [-0.05, 0) is 27.8 Å². The summed E-state index contributed by atoms with van der Waals surface area (Å²) in [5.41, 5.74) is -0.231. The van der Waals surface area contributed by atoms with Crippen LogP contribution >= 0.6 is 0 Å². The van der Waals surface area contributed by atoms with Crippen LogP contribution in [0.2, 0.25) is 0 Å². The van der Waals surface area contributed by atoms with Crippen molar-refractivity contribution in [1.29, 1.82) is 5.26 Å². The molecule has 12 heavy (non-hydrogen) atoms. The summed E-state index contributed by atoms with van der Waals surface area (Å²) < 4.78 is 0. The molecule has 0 radical (unpaired) electrons. The second-order valence-corrected chi connectivity index (χ2v) is 3.88. The first-order chi connectivity index (χ1) is 5.44. The van der Waals surface area contributed by atoms with Crippen LogP contribution in [0.1, 0.15) is 20.8 Å². The van der Waals surface area contributed by atoms with Crippen molar-refractivity contribution in [2.75, 3.05) is 20.2 Å². The first-order valence-electron chi connectivity index (χ1n) is 4.15. The molecular formula is C9H18N2O. The fourth-order valence-electron chi connectivity index (χ4n) is 0.819. The van der Waals surface area contributed by atoms with Crippen LogP contribution in [-0.2, 0) is 0 Å². The van der Waals surface area contributed by atoms with E-state index >= 15 is 0 Å². The molecule has 0 fully saturated rings. The SMILES string of the molecule is CC(C#N)CN(C)C(C)(C)CO. The number of nitrogens with zero attached hydrogens (tertiary/aromatic N) is 2. The Balaban J connectivity index is 4.04. The van der Waals surface area contributed by atoms with Gasteiger partial charge in [-0.1, -0.05) is 0 Å². The number of hydrogen-bond acceptors (Lipinski definition) is 3. The van der Waals surface area contributed by atoms with Crippen molar-refractivity contribution >= 4 is 0 Å². The van der Waals surface area contributed by atoms with Crippen LogP contribution in [0.15, 0.2) is 0 Å². The normalized spacial score (nSPS) is 14.4. The van der Waals surface area contributed by atoms with E-state index in [9.17, 15) is 0 Å². The molecule has 0 aromatic heterocycles. The van der Waals surface area contributed by atoms with E-state index in [2.05, 4.69) is 6.07 Å². The Morgan fingerprint density at radius 1 is 1.58 bits per heavy atom.